The largest absolute Gasteiger partial charge is 0.338 e. The number of nitrogens with one attached hydrogen (secondary N) is 1. The average molecular weight is 320 g/mol. The minimum atomic E-state index is -0.351. The zero-order valence-corrected chi connectivity index (χ0v) is 12.8. The van der Waals surface area contributed by atoms with E-state index in [0.717, 1.165) is 11.2 Å². The number of hydrogen-bond acceptors (Lipinski definition) is 5. The number of aryl methyl sites for hydroxylation is 1. The molecule has 0 aliphatic rings. The molecule has 4 rings (SSSR count). The van der Waals surface area contributed by atoms with Crippen LogP contribution in [0.15, 0.2) is 55.0 Å². The molecule has 1 N–H and O–H groups in total. The third kappa shape index (κ3) is 2.56. The van der Waals surface area contributed by atoms with Gasteiger partial charge in [-0.3, -0.25) is 4.98 Å². The van der Waals surface area contributed by atoms with Crippen molar-refractivity contribution in [1.29, 1.82) is 0 Å². The zero-order chi connectivity index (χ0) is 16.5. The number of anilines is 2. The predicted octanol–water partition coefficient (Wildman–Crippen LogP) is 3.38. The lowest BCUT2D eigenvalue weighted by Crippen LogP contribution is -2.04. The van der Waals surface area contributed by atoms with Crippen LogP contribution in [0.2, 0.25) is 0 Å². The van der Waals surface area contributed by atoms with Crippen LogP contribution >= 0.6 is 0 Å². The molecule has 0 saturated carbocycles. The molecule has 0 atom stereocenters. The molecule has 0 fully saturated rings. The zero-order valence-electron chi connectivity index (χ0n) is 12.8. The second-order valence-corrected chi connectivity index (χ2v) is 5.25. The highest BCUT2D eigenvalue weighted by atomic mass is 19.1. The van der Waals surface area contributed by atoms with Crippen LogP contribution in [-0.2, 0) is 0 Å². The fourth-order valence-corrected chi connectivity index (χ4v) is 2.38. The molecule has 4 aromatic heterocycles. The molecule has 0 spiro atoms. The van der Waals surface area contributed by atoms with Gasteiger partial charge in [-0.25, -0.2) is 18.9 Å². The summed E-state index contributed by atoms with van der Waals surface area (Å²) in [5.74, 6) is 0.703. The molecule has 118 valence electrons. The Morgan fingerprint density at radius 2 is 1.88 bits per heavy atom. The molecule has 0 radical (unpaired) electrons. The lowest BCUT2D eigenvalue weighted by atomic mass is 10.3. The van der Waals surface area contributed by atoms with Crippen LogP contribution in [0.25, 0.3) is 17.0 Å². The van der Waals surface area contributed by atoms with E-state index in [-0.39, 0.29) is 5.82 Å². The van der Waals surface area contributed by atoms with Crippen LogP contribution in [-0.4, -0.2) is 24.6 Å². The molecule has 0 amide bonds. The second kappa shape index (κ2) is 5.69. The maximum Gasteiger partial charge on any atom is 0.200 e. The summed E-state index contributed by atoms with van der Waals surface area (Å²) in [6.45, 7) is 1.61. The maximum absolute atomic E-state index is 13.5. The van der Waals surface area contributed by atoms with E-state index < -0.39 is 0 Å². The number of rotatable bonds is 3. The summed E-state index contributed by atoms with van der Waals surface area (Å²) in [7, 11) is 0. The Morgan fingerprint density at radius 1 is 1.04 bits per heavy atom. The quantitative estimate of drug-likeness (QED) is 0.627. The Hall–Kier alpha value is -3.35. The van der Waals surface area contributed by atoms with E-state index in [1.165, 1.54) is 6.07 Å². The third-order valence-electron chi connectivity index (χ3n) is 3.58. The highest BCUT2D eigenvalue weighted by Crippen LogP contribution is 2.23. The van der Waals surface area contributed by atoms with Crippen LogP contribution in [0.3, 0.4) is 0 Å². The molecule has 24 heavy (non-hydrogen) atoms. The molecule has 0 aliphatic heterocycles. The number of pyridine rings is 2. The van der Waals surface area contributed by atoms with Crippen molar-refractivity contribution < 1.29 is 4.39 Å². The summed E-state index contributed by atoms with van der Waals surface area (Å²) in [6, 6.07) is 10.4. The first kappa shape index (κ1) is 14.3. The van der Waals surface area contributed by atoms with Gasteiger partial charge in [0.25, 0.3) is 0 Å². The van der Waals surface area contributed by atoms with Gasteiger partial charge < -0.3 is 5.32 Å². The van der Waals surface area contributed by atoms with Crippen molar-refractivity contribution in [2.24, 2.45) is 0 Å². The van der Waals surface area contributed by atoms with Crippen LogP contribution in [0.5, 0.6) is 0 Å². The fraction of sp³-hybridized carbons (Fsp3) is 0.0588. The first-order valence-corrected chi connectivity index (χ1v) is 7.37. The highest BCUT2D eigenvalue weighted by molar-refractivity contribution is 5.74. The SMILES string of the molecule is Cc1nc(-c2nc(Nc3ccncc3)c3cccn3n2)ccc1F. The average Bonchev–Trinajstić information content (AvgIpc) is 3.07. The topological polar surface area (TPSA) is 68.0 Å². The molecule has 6 nitrogen and oxygen atoms in total. The minimum absolute atomic E-state index is 0.312. The van der Waals surface area contributed by atoms with Gasteiger partial charge in [-0.2, -0.15) is 0 Å². The van der Waals surface area contributed by atoms with Gasteiger partial charge in [0.15, 0.2) is 5.82 Å². The maximum atomic E-state index is 13.5. The van der Waals surface area contributed by atoms with Gasteiger partial charge >= 0.3 is 0 Å². The molecule has 4 heterocycles. The summed E-state index contributed by atoms with van der Waals surface area (Å²) < 4.78 is 15.2. The van der Waals surface area contributed by atoms with E-state index in [2.05, 4.69) is 25.4 Å². The van der Waals surface area contributed by atoms with Crippen molar-refractivity contribution in [3.8, 4) is 11.5 Å². The summed E-state index contributed by atoms with van der Waals surface area (Å²) in [6.07, 6.45) is 5.23. The summed E-state index contributed by atoms with van der Waals surface area (Å²) in [5, 5.41) is 7.70. The van der Waals surface area contributed by atoms with E-state index in [4.69, 9.17) is 0 Å². The highest BCUT2D eigenvalue weighted by Gasteiger charge is 2.12. The van der Waals surface area contributed by atoms with Crippen molar-refractivity contribution in [2.75, 3.05) is 5.32 Å². The van der Waals surface area contributed by atoms with Crippen molar-refractivity contribution in [2.45, 2.75) is 6.92 Å². The number of aromatic nitrogens is 5. The number of halogens is 1. The number of hydrogen-bond donors (Lipinski definition) is 1. The molecule has 0 saturated heterocycles. The Labute approximate surface area is 137 Å². The van der Waals surface area contributed by atoms with E-state index >= 15 is 0 Å². The van der Waals surface area contributed by atoms with Gasteiger partial charge in [-0.15, -0.1) is 5.10 Å². The molecule has 0 bridgehead atoms. The van der Waals surface area contributed by atoms with Crippen molar-refractivity contribution in [1.82, 2.24) is 24.6 Å². The van der Waals surface area contributed by atoms with Crippen molar-refractivity contribution >= 4 is 17.0 Å². The standard InChI is InChI=1S/C17H13FN6/c1-11-13(18)4-5-14(20-11)16-22-17(15-3-2-10-24(15)23-16)21-12-6-8-19-9-7-12/h2-10H,1H3,(H,19,21,22,23). The summed E-state index contributed by atoms with van der Waals surface area (Å²) in [4.78, 5) is 12.8. The monoisotopic (exact) mass is 320 g/mol. The third-order valence-corrected chi connectivity index (χ3v) is 3.58. The Balaban J connectivity index is 1.84. The fourth-order valence-electron chi connectivity index (χ4n) is 2.38. The van der Waals surface area contributed by atoms with Crippen LogP contribution in [0.1, 0.15) is 5.69 Å². The van der Waals surface area contributed by atoms with Gasteiger partial charge in [0.1, 0.15) is 17.0 Å². The Kier molecular flexibility index (Phi) is 3.38. The van der Waals surface area contributed by atoms with Gasteiger partial charge in [0, 0.05) is 24.3 Å². The van der Waals surface area contributed by atoms with Crippen LogP contribution < -0.4 is 5.32 Å². The van der Waals surface area contributed by atoms with Crippen LogP contribution in [0.4, 0.5) is 15.9 Å². The summed E-state index contributed by atoms with van der Waals surface area (Å²) in [5.41, 5.74) is 2.52. The van der Waals surface area contributed by atoms with E-state index in [1.54, 1.807) is 29.9 Å². The van der Waals surface area contributed by atoms with Gasteiger partial charge in [0.05, 0.1) is 5.69 Å². The molecule has 0 unspecified atom stereocenters. The molecule has 0 aromatic carbocycles. The summed E-state index contributed by atoms with van der Waals surface area (Å²) >= 11 is 0. The molecular weight excluding hydrogens is 307 g/mol. The first-order chi connectivity index (χ1) is 11.7. The normalized spacial score (nSPS) is 10.9. The predicted molar refractivity (Wildman–Crippen MR) is 88.4 cm³/mol. The lowest BCUT2D eigenvalue weighted by Gasteiger charge is -2.09. The Bertz CT molecular complexity index is 1010. The molecule has 4 aromatic rings. The van der Waals surface area contributed by atoms with E-state index in [0.29, 0.717) is 23.0 Å². The Morgan fingerprint density at radius 3 is 2.67 bits per heavy atom. The van der Waals surface area contributed by atoms with Crippen molar-refractivity contribution in [3.05, 3.63) is 66.5 Å². The molecule has 0 aliphatic carbocycles. The van der Waals surface area contributed by atoms with Gasteiger partial charge in [-0.05, 0) is 43.3 Å². The molecule has 7 heteroatoms. The number of nitrogens with zero attached hydrogens (tertiary/aromatic N) is 5. The second-order valence-electron chi connectivity index (χ2n) is 5.25. The van der Waals surface area contributed by atoms with Crippen LogP contribution in [0, 0.1) is 12.7 Å². The van der Waals surface area contributed by atoms with Gasteiger partial charge in [-0.1, -0.05) is 0 Å². The van der Waals surface area contributed by atoms with E-state index in [9.17, 15) is 4.39 Å². The smallest absolute Gasteiger partial charge is 0.200 e. The van der Waals surface area contributed by atoms with E-state index in [1.807, 2.05) is 30.5 Å². The van der Waals surface area contributed by atoms with Crippen molar-refractivity contribution in [3.63, 3.8) is 0 Å². The first-order valence-electron chi connectivity index (χ1n) is 7.37. The van der Waals surface area contributed by atoms with Gasteiger partial charge in [0.2, 0.25) is 5.82 Å². The minimum Gasteiger partial charge on any atom is -0.338 e. The molecular formula is C17H13FN6. The lowest BCUT2D eigenvalue weighted by molar-refractivity contribution is 0.610. The number of fused-ring (bicyclic) bond motifs is 1.